The fourth-order valence-corrected chi connectivity index (χ4v) is 4.14. The molecule has 5 nitrogen and oxygen atoms in total. The quantitative estimate of drug-likeness (QED) is 0.835. The van der Waals surface area contributed by atoms with E-state index in [2.05, 4.69) is 4.98 Å². The lowest BCUT2D eigenvalue weighted by Gasteiger charge is -2.29. The minimum absolute atomic E-state index is 0.0167. The summed E-state index contributed by atoms with van der Waals surface area (Å²) in [7, 11) is -3.74. The molecule has 0 atom stereocenters. The van der Waals surface area contributed by atoms with Crippen molar-refractivity contribution in [2.24, 2.45) is 0 Å². The summed E-state index contributed by atoms with van der Waals surface area (Å²) in [5, 5.41) is 9.24. The molecule has 1 heterocycles. The lowest BCUT2D eigenvalue weighted by molar-refractivity contribution is 0.219. The first-order chi connectivity index (χ1) is 8.98. The first-order valence-corrected chi connectivity index (χ1v) is 8.03. The Morgan fingerprint density at radius 1 is 1.42 bits per heavy atom. The van der Waals surface area contributed by atoms with Gasteiger partial charge in [-0.2, -0.15) is 4.31 Å². The largest absolute Gasteiger partial charge is 0.395 e. The zero-order valence-corrected chi connectivity index (χ0v) is 12.7. The first-order valence-electron chi connectivity index (χ1n) is 6.21. The molecule has 1 N–H and O–H groups in total. The molecule has 108 valence electrons. The summed E-state index contributed by atoms with van der Waals surface area (Å²) in [4.78, 5) is 3.80. The Morgan fingerprint density at radius 2 is 2.05 bits per heavy atom. The highest BCUT2D eigenvalue weighted by Gasteiger charge is 2.31. The molecule has 0 amide bonds. The van der Waals surface area contributed by atoms with Crippen LogP contribution in [-0.2, 0) is 10.0 Å². The summed E-state index contributed by atoms with van der Waals surface area (Å²) >= 11 is 5.94. The smallest absolute Gasteiger partial charge is 0.246 e. The van der Waals surface area contributed by atoms with Gasteiger partial charge in [-0.25, -0.2) is 8.42 Å². The van der Waals surface area contributed by atoms with Gasteiger partial charge in [0.05, 0.1) is 11.6 Å². The van der Waals surface area contributed by atoms with E-state index in [-0.39, 0.29) is 29.1 Å². The molecule has 0 aromatic carbocycles. The molecule has 0 bridgehead atoms. The number of aliphatic hydroxyl groups is 1. The molecule has 0 aliphatic carbocycles. The number of sulfonamides is 1. The van der Waals surface area contributed by atoms with Crippen LogP contribution < -0.4 is 0 Å². The maximum Gasteiger partial charge on any atom is 0.246 e. The Hall–Kier alpha value is -0.690. The average Bonchev–Trinajstić information content (AvgIpc) is 2.39. The summed E-state index contributed by atoms with van der Waals surface area (Å²) in [6.07, 6.45) is 4.03. The van der Waals surface area contributed by atoms with Crippen LogP contribution in [0.3, 0.4) is 0 Å². The standard InChI is InChI=1S/C12H19ClN2O3S/c1-3-10(4-2)15(7-8-16)19(17,18)12-9-14-6-5-11(12)13/h5-6,9-10,16H,3-4,7-8H2,1-2H3. The van der Waals surface area contributed by atoms with Crippen molar-refractivity contribution in [2.45, 2.75) is 37.6 Å². The molecular formula is C12H19ClN2O3S. The zero-order valence-electron chi connectivity index (χ0n) is 11.1. The van der Waals surface area contributed by atoms with Crippen molar-refractivity contribution in [1.82, 2.24) is 9.29 Å². The summed E-state index contributed by atoms with van der Waals surface area (Å²) < 4.78 is 26.5. The van der Waals surface area contributed by atoms with Crippen molar-refractivity contribution in [3.05, 3.63) is 23.5 Å². The second-order valence-electron chi connectivity index (χ2n) is 4.12. The highest BCUT2D eigenvalue weighted by atomic mass is 35.5. The number of nitrogens with zero attached hydrogens (tertiary/aromatic N) is 2. The molecule has 0 aliphatic rings. The predicted octanol–water partition coefficient (Wildman–Crippen LogP) is 1.91. The Labute approximate surface area is 119 Å². The van der Waals surface area contributed by atoms with E-state index in [1.165, 1.54) is 22.8 Å². The van der Waals surface area contributed by atoms with Gasteiger partial charge in [0.15, 0.2) is 0 Å². The van der Waals surface area contributed by atoms with Crippen LogP contribution >= 0.6 is 11.6 Å². The second kappa shape index (κ2) is 7.19. The summed E-state index contributed by atoms with van der Waals surface area (Å²) in [6.45, 7) is 3.66. The van der Waals surface area contributed by atoms with E-state index in [9.17, 15) is 8.42 Å². The maximum absolute atomic E-state index is 12.6. The number of hydrogen-bond donors (Lipinski definition) is 1. The topological polar surface area (TPSA) is 70.5 Å². The van der Waals surface area contributed by atoms with Crippen LogP contribution in [0, 0.1) is 0 Å². The van der Waals surface area contributed by atoms with Crippen molar-refractivity contribution in [2.75, 3.05) is 13.2 Å². The monoisotopic (exact) mass is 306 g/mol. The molecule has 1 aromatic heterocycles. The number of pyridine rings is 1. The normalized spacial score (nSPS) is 12.3. The van der Waals surface area contributed by atoms with Gasteiger partial charge in [0.25, 0.3) is 0 Å². The molecule has 0 fully saturated rings. The lowest BCUT2D eigenvalue weighted by atomic mass is 10.2. The van der Waals surface area contributed by atoms with Crippen molar-refractivity contribution >= 4 is 21.6 Å². The fraction of sp³-hybridized carbons (Fsp3) is 0.583. The number of halogens is 1. The zero-order chi connectivity index (χ0) is 14.5. The molecule has 7 heteroatoms. The van der Waals surface area contributed by atoms with E-state index in [1.807, 2.05) is 13.8 Å². The van der Waals surface area contributed by atoms with Gasteiger partial charge >= 0.3 is 0 Å². The number of aromatic nitrogens is 1. The second-order valence-corrected chi connectivity index (χ2v) is 6.38. The fourth-order valence-electron chi connectivity index (χ4n) is 1.97. The minimum Gasteiger partial charge on any atom is -0.395 e. The van der Waals surface area contributed by atoms with E-state index in [1.54, 1.807) is 0 Å². The van der Waals surface area contributed by atoms with Gasteiger partial charge in [-0.05, 0) is 18.9 Å². The van der Waals surface area contributed by atoms with Gasteiger partial charge < -0.3 is 5.11 Å². The summed E-state index contributed by atoms with van der Waals surface area (Å²) in [5.74, 6) is 0. The van der Waals surface area contributed by atoms with Gasteiger partial charge in [-0.15, -0.1) is 0 Å². The van der Waals surface area contributed by atoms with Gasteiger partial charge in [0.2, 0.25) is 10.0 Å². The predicted molar refractivity (Wildman–Crippen MR) is 74.6 cm³/mol. The molecule has 0 spiro atoms. The van der Waals surface area contributed by atoms with E-state index >= 15 is 0 Å². The van der Waals surface area contributed by atoms with Crippen molar-refractivity contribution in [3.8, 4) is 0 Å². The molecule has 0 aliphatic heterocycles. The third-order valence-corrected chi connectivity index (χ3v) is 5.41. The van der Waals surface area contributed by atoms with Gasteiger partial charge in [0, 0.05) is 25.0 Å². The Morgan fingerprint density at radius 3 is 2.53 bits per heavy atom. The third-order valence-electron chi connectivity index (χ3n) is 2.99. The summed E-state index contributed by atoms with van der Waals surface area (Å²) in [6, 6.07) is 1.28. The van der Waals surface area contributed by atoms with Crippen LogP contribution in [0.2, 0.25) is 5.02 Å². The van der Waals surface area contributed by atoms with Crippen LogP contribution in [0.1, 0.15) is 26.7 Å². The highest BCUT2D eigenvalue weighted by Crippen LogP contribution is 2.26. The lowest BCUT2D eigenvalue weighted by Crippen LogP contribution is -2.41. The van der Waals surface area contributed by atoms with Crippen LogP contribution in [0.15, 0.2) is 23.4 Å². The highest BCUT2D eigenvalue weighted by molar-refractivity contribution is 7.89. The summed E-state index contributed by atoms with van der Waals surface area (Å²) in [5.41, 5.74) is 0. The molecule has 0 unspecified atom stereocenters. The van der Waals surface area contributed by atoms with Gasteiger partial charge in [0.1, 0.15) is 4.90 Å². The Balaban J connectivity index is 3.24. The van der Waals surface area contributed by atoms with E-state index in [0.717, 1.165) is 0 Å². The van der Waals surface area contributed by atoms with Gasteiger partial charge in [-0.1, -0.05) is 25.4 Å². The van der Waals surface area contributed by atoms with Gasteiger partial charge in [-0.3, -0.25) is 4.98 Å². The average molecular weight is 307 g/mol. The minimum atomic E-state index is -3.74. The van der Waals surface area contributed by atoms with Crippen molar-refractivity contribution in [1.29, 1.82) is 0 Å². The third kappa shape index (κ3) is 3.66. The molecule has 0 radical (unpaired) electrons. The van der Waals surface area contributed by atoms with Crippen molar-refractivity contribution in [3.63, 3.8) is 0 Å². The van der Waals surface area contributed by atoms with Crippen LogP contribution in [-0.4, -0.2) is 42.0 Å². The van der Waals surface area contributed by atoms with Crippen molar-refractivity contribution < 1.29 is 13.5 Å². The number of rotatable bonds is 7. The molecule has 0 saturated heterocycles. The Bertz CT molecular complexity index is 503. The van der Waals surface area contributed by atoms with Crippen LogP contribution in [0.25, 0.3) is 0 Å². The molecule has 19 heavy (non-hydrogen) atoms. The van der Waals surface area contributed by atoms with Crippen LogP contribution in [0.5, 0.6) is 0 Å². The SMILES string of the molecule is CCC(CC)N(CCO)S(=O)(=O)c1cnccc1Cl. The van der Waals surface area contributed by atoms with E-state index in [0.29, 0.717) is 12.8 Å². The van der Waals surface area contributed by atoms with E-state index < -0.39 is 10.0 Å². The molecule has 0 saturated carbocycles. The molecule has 1 aromatic rings. The van der Waals surface area contributed by atoms with Crippen LogP contribution in [0.4, 0.5) is 0 Å². The Kier molecular flexibility index (Phi) is 6.19. The first kappa shape index (κ1) is 16.4. The number of aliphatic hydroxyl groups excluding tert-OH is 1. The molecular weight excluding hydrogens is 288 g/mol. The number of hydrogen-bond acceptors (Lipinski definition) is 4. The molecule has 1 rings (SSSR count). The maximum atomic E-state index is 12.6. The van der Waals surface area contributed by atoms with E-state index in [4.69, 9.17) is 16.7 Å².